The van der Waals surface area contributed by atoms with Crippen LogP contribution in [0, 0.1) is 5.41 Å². The van der Waals surface area contributed by atoms with Crippen molar-refractivity contribution in [1.29, 1.82) is 0 Å². The number of likely N-dealkylation sites (N-methyl/N-ethyl adjacent to an activating group) is 1. The third-order valence-electron chi connectivity index (χ3n) is 4.86. The molecule has 1 aromatic rings. The Morgan fingerprint density at radius 3 is 2.75 bits per heavy atom. The van der Waals surface area contributed by atoms with Gasteiger partial charge in [-0.3, -0.25) is 4.79 Å². The molecule has 0 spiro atoms. The van der Waals surface area contributed by atoms with Crippen LogP contribution >= 0.6 is 0 Å². The highest BCUT2D eigenvalue weighted by atomic mass is 16.5. The lowest BCUT2D eigenvalue weighted by Crippen LogP contribution is -2.62. The molecular weight excluding hydrogens is 312 g/mol. The molecule has 1 heterocycles. The lowest BCUT2D eigenvalue weighted by molar-refractivity contribution is -0.165. The fraction of sp³-hybridized carbons (Fsp3) is 0.750. The molecule has 2 atom stereocenters. The third-order valence-corrected chi connectivity index (χ3v) is 4.86. The number of hydrogen-bond acceptors (Lipinski definition) is 5. The van der Waals surface area contributed by atoms with E-state index >= 15 is 0 Å². The van der Waals surface area contributed by atoms with Gasteiger partial charge in [0, 0.05) is 25.1 Å². The Labute approximate surface area is 141 Å². The van der Waals surface area contributed by atoms with E-state index in [0.29, 0.717) is 0 Å². The van der Waals surface area contributed by atoms with Crippen molar-refractivity contribution < 1.29 is 19.4 Å². The van der Waals surface area contributed by atoms with E-state index in [4.69, 9.17) is 9.84 Å². The van der Waals surface area contributed by atoms with Gasteiger partial charge in [-0.2, -0.15) is 0 Å². The van der Waals surface area contributed by atoms with Gasteiger partial charge in [0.2, 0.25) is 5.91 Å². The van der Waals surface area contributed by atoms with Gasteiger partial charge in [-0.25, -0.2) is 9.48 Å². The van der Waals surface area contributed by atoms with Gasteiger partial charge in [0.15, 0.2) is 5.69 Å². The molecule has 0 aliphatic heterocycles. The van der Waals surface area contributed by atoms with Crippen LogP contribution in [-0.2, 0) is 16.1 Å². The van der Waals surface area contributed by atoms with E-state index in [2.05, 4.69) is 31.1 Å². The van der Waals surface area contributed by atoms with Gasteiger partial charge in [-0.05, 0) is 12.8 Å². The van der Waals surface area contributed by atoms with Gasteiger partial charge in [0.05, 0.1) is 12.3 Å². The van der Waals surface area contributed by atoms with E-state index in [-0.39, 0.29) is 35.7 Å². The average molecular weight is 338 g/mol. The highest BCUT2D eigenvalue weighted by molar-refractivity contribution is 5.84. The highest BCUT2D eigenvalue weighted by Crippen LogP contribution is 2.45. The van der Waals surface area contributed by atoms with Crippen LogP contribution in [0.15, 0.2) is 6.20 Å². The number of hydrogen-bond donors (Lipinski definition) is 1. The van der Waals surface area contributed by atoms with Crippen LogP contribution in [0.5, 0.6) is 0 Å². The number of rotatable bonds is 8. The van der Waals surface area contributed by atoms with Crippen LogP contribution in [0.25, 0.3) is 0 Å². The van der Waals surface area contributed by atoms with Crippen molar-refractivity contribution in [1.82, 2.24) is 19.9 Å². The zero-order valence-electron chi connectivity index (χ0n) is 14.7. The van der Waals surface area contributed by atoms with Crippen LogP contribution in [0.3, 0.4) is 0 Å². The van der Waals surface area contributed by atoms with Crippen molar-refractivity contribution >= 4 is 11.9 Å². The first-order chi connectivity index (χ1) is 11.3. The van der Waals surface area contributed by atoms with Crippen molar-refractivity contribution in [3.05, 3.63) is 11.9 Å². The monoisotopic (exact) mass is 338 g/mol. The minimum atomic E-state index is -1.16. The van der Waals surface area contributed by atoms with Crippen LogP contribution in [0.2, 0.25) is 0 Å². The second-order valence-corrected chi connectivity index (χ2v) is 6.90. The molecule has 0 bridgehead atoms. The molecule has 2 unspecified atom stereocenters. The van der Waals surface area contributed by atoms with Crippen molar-refractivity contribution in [2.75, 3.05) is 13.7 Å². The number of amides is 1. The minimum Gasteiger partial charge on any atom is -0.476 e. The van der Waals surface area contributed by atoms with Crippen molar-refractivity contribution in [2.45, 2.75) is 58.7 Å². The Bertz CT molecular complexity index is 599. The molecule has 24 heavy (non-hydrogen) atoms. The Balaban J connectivity index is 1.90. The molecule has 0 saturated heterocycles. The molecule has 0 radical (unpaired) electrons. The maximum absolute atomic E-state index is 12.4. The number of carbonyl (C=O) groups excluding carboxylic acids is 1. The van der Waals surface area contributed by atoms with Gasteiger partial charge < -0.3 is 14.7 Å². The summed E-state index contributed by atoms with van der Waals surface area (Å²) in [5.74, 6) is -1.28. The van der Waals surface area contributed by atoms with Gasteiger partial charge >= 0.3 is 5.97 Å². The van der Waals surface area contributed by atoms with Crippen molar-refractivity contribution in [3.8, 4) is 0 Å². The van der Waals surface area contributed by atoms with Crippen molar-refractivity contribution in [3.63, 3.8) is 0 Å². The number of aromatic nitrogens is 3. The van der Waals surface area contributed by atoms with E-state index in [0.717, 1.165) is 25.9 Å². The molecule has 1 fully saturated rings. The standard InChI is InChI=1S/C16H26N4O4/c1-5-6-7-24-13-8-12(16(13,2)3)19(4)14(21)10-20-9-11(15(22)23)17-18-20/h9,12-13H,5-8,10H2,1-4H3,(H,22,23). The summed E-state index contributed by atoms with van der Waals surface area (Å²) in [6, 6.07) is 0.0964. The second kappa shape index (κ2) is 7.29. The summed E-state index contributed by atoms with van der Waals surface area (Å²) < 4.78 is 7.16. The SMILES string of the molecule is CCCCOC1CC(N(C)C(=O)Cn2cc(C(=O)O)nn2)C1(C)C. The smallest absolute Gasteiger partial charge is 0.358 e. The van der Waals surface area contributed by atoms with Crippen molar-refractivity contribution in [2.24, 2.45) is 5.41 Å². The first-order valence-electron chi connectivity index (χ1n) is 8.28. The summed E-state index contributed by atoms with van der Waals surface area (Å²) >= 11 is 0. The number of aromatic carboxylic acids is 1. The van der Waals surface area contributed by atoms with E-state index in [1.165, 1.54) is 10.9 Å². The Morgan fingerprint density at radius 2 is 2.21 bits per heavy atom. The van der Waals surface area contributed by atoms with E-state index in [9.17, 15) is 9.59 Å². The molecular formula is C16H26N4O4. The fourth-order valence-corrected chi connectivity index (χ4v) is 3.07. The molecule has 2 rings (SSSR count). The number of ether oxygens (including phenoxy) is 1. The summed E-state index contributed by atoms with van der Waals surface area (Å²) in [5, 5.41) is 16.0. The van der Waals surface area contributed by atoms with E-state index in [1.807, 2.05) is 0 Å². The highest BCUT2D eigenvalue weighted by Gasteiger charge is 2.51. The molecule has 1 aromatic heterocycles. The van der Waals surface area contributed by atoms with Gasteiger partial charge in [-0.15, -0.1) is 5.10 Å². The zero-order chi connectivity index (χ0) is 17.9. The number of carbonyl (C=O) groups is 2. The fourth-order valence-electron chi connectivity index (χ4n) is 3.07. The number of nitrogens with zero attached hydrogens (tertiary/aromatic N) is 4. The molecule has 134 valence electrons. The molecule has 0 aromatic carbocycles. The Morgan fingerprint density at radius 1 is 1.50 bits per heavy atom. The molecule has 1 saturated carbocycles. The third kappa shape index (κ3) is 3.75. The largest absolute Gasteiger partial charge is 0.476 e. The Hall–Kier alpha value is -1.96. The molecule has 1 N–H and O–H groups in total. The molecule has 8 heteroatoms. The number of carboxylic acid groups (broad SMARTS) is 1. The maximum atomic E-state index is 12.4. The van der Waals surface area contributed by atoms with Crippen LogP contribution in [0.1, 0.15) is 50.5 Å². The molecule has 1 aliphatic carbocycles. The van der Waals surface area contributed by atoms with E-state index in [1.54, 1.807) is 11.9 Å². The quantitative estimate of drug-likeness (QED) is 0.720. The molecule has 1 aliphatic rings. The lowest BCUT2D eigenvalue weighted by atomic mass is 9.64. The average Bonchev–Trinajstić information content (AvgIpc) is 2.98. The van der Waals surface area contributed by atoms with Gasteiger partial charge in [-0.1, -0.05) is 32.4 Å². The normalized spacial score (nSPS) is 22.0. The lowest BCUT2D eigenvalue weighted by Gasteiger charge is -2.54. The summed E-state index contributed by atoms with van der Waals surface area (Å²) in [6.45, 7) is 7.08. The molecule has 8 nitrogen and oxygen atoms in total. The zero-order valence-corrected chi connectivity index (χ0v) is 14.7. The summed E-state index contributed by atoms with van der Waals surface area (Å²) in [5.41, 5.74) is -0.272. The van der Waals surface area contributed by atoms with Gasteiger partial charge in [0.25, 0.3) is 0 Å². The van der Waals surface area contributed by atoms with Crippen LogP contribution in [0.4, 0.5) is 0 Å². The number of carboxylic acids is 1. The molecule has 1 amide bonds. The first kappa shape index (κ1) is 18.4. The van der Waals surface area contributed by atoms with Gasteiger partial charge in [0.1, 0.15) is 6.54 Å². The summed E-state index contributed by atoms with van der Waals surface area (Å²) in [6.07, 6.45) is 4.39. The Kier molecular flexibility index (Phi) is 5.58. The van der Waals surface area contributed by atoms with Crippen LogP contribution < -0.4 is 0 Å². The minimum absolute atomic E-state index is 0.0231. The topological polar surface area (TPSA) is 97.5 Å². The predicted molar refractivity (Wildman–Crippen MR) is 86.6 cm³/mol. The van der Waals surface area contributed by atoms with Crippen LogP contribution in [-0.4, -0.2) is 62.7 Å². The number of unbranched alkanes of at least 4 members (excludes halogenated alkanes) is 1. The second-order valence-electron chi connectivity index (χ2n) is 6.90. The first-order valence-corrected chi connectivity index (χ1v) is 8.28. The summed E-state index contributed by atoms with van der Waals surface area (Å²) in [4.78, 5) is 24.9. The van der Waals surface area contributed by atoms with E-state index < -0.39 is 5.97 Å². The predicted octanol–water partition coefficient (Wildman–Crippen LogP) is 1.42. The summed E-state index contributed by atoms with van der Waals surface area (Å²) in [7, 11) is 1.77. The maximum Gasteiger partial charge on any atom is 0.358 e.